The molecule has 0 unspecified atom stereocenters. The average Bonchev–Trinajstić information content (AvgIpc) is 2.13. The summed E-state index contributed by atoms with van der Waals surface area (Å²) in [5.41, 5.74) is -0.576. The van der Waals surface area contributed by atoms with Gasteiger partial charge in [0.15, 0.2) is 0 Å². The largest absolute Gasteiger partial charge is 0.275 e. The highest BCUT2D eigenvalue weighted by Gasteiger charge is 2.44. The predicted molar refractivity (Wildman–Crippen MR) is 43.9 cm³/mol. The van der Waals surface area contributed by atoms with Crippen LogP contribution in [-0.4, -0.2) is 40.9 Å². The highest BCUT2D eigenvalue weighted by molar-refractivity contribution is 6.02. The molecule has 1 aliphatic rings. The summed E-state index contributed by atoms with van der Waals surface area (Å²) in [7, 11) is 1.81. The van der Waals surface area contributed by atoms with E-state index in [1.54, 1.807) is 20.9 Å². The highest BCUT2D eigenvalue weighted by atomic mass is 16.2. The van der Waals surface area contributed by atoms with Crippen molar-refractivity contribution in [3.63, 3.8) is 0 Å². The van der Waals surface area contributed by atoms with Gasteiger partial charge in [-0.15, -0.1) is 0 Å². The lowest BCUT2D eigenvalue weighted by atomic mass is 10.1. The Balaban J connectivity index is 2.91. The van der Waals surface area contributed by atoms with Crippen molar-refractivity contribution in [1.82, 2.24) is 9.80 Å². The van der Waals surface area contributed by atoms with E-state index >= 15 is 0 Å². The fraction of sp³-hybridized carbons (Fsp3) is 0.625. The van der Waals surface area contributed by atoms with Crippen molar-refractivity contribution >= 4 is 11.8 Å². The summed E-state index contributed by atoms with van der Waals surface area (Å²) in [6.07, 6.45) is 0. The maximum Gasteiger partial charge on any atom is 0.250 e. The molecule has 0 bridgehead atoms. The van der Waals surface area contributed by atoms with E-state index in [1.165, 1.54) is 0 Å². The molecule has 12 heavy (non-hydrogen) atoms. The molecule has 0 N–H and O–H groups in total. The van der Waals surface area contributed by atoms with Gasteiger partial charge in [0.25, 0.3) is 0 Å². The molecule has 4 heteroatoms. The van der Waals surface area contributed by atoms with Crippen molar-refractivity contribution in [3.05, 3.63) is 6.92 Å². The Kier molecular flexibility index (Phi) is 1.96. The third-order valence-corrected chi connectivity index (χ3v) is 2.38. The van der Waals surface area contributed by atoms with E-state index < -0.39 is 11.4 Å². The summed E-state index contributed by atoms with van der Waals surface area (Å²) in [6, 6.07) is 0. The van der Waals surface area contributed by atoms with Crippen LogP contribution < -0.4 is 0 Å². The maximum atomic E-state index is 11.5. The van der Waals surface area contributed by atoms with Crippen molar-refractivity contribution in [2.24, 2.45) is 0 Å². The van der Waals surface area contributed by atoms with Gasteiger partial charge in [-0.1, -0.05) is 0 Å². The molecule has 0 aromatic heterocycles. The third kappa shape index (κ3) is 1.12. The predicted octanol–water partition coefficient (Wildman–Crippen LogP) is -0.143. The lowest BCUT2D eigenvalue weighted by Crippen LogP contribution is -2.41. The van der Waals surface area contributed by atoms with Gasteiger partial charge in [0.1, 0.15) is 0 Å². The Morgan fingerprint density at radius 1 is 1.58 bits per heavy atom. The first-order chi connectivity index (χ1) is 5.37. The summed E-state index contributed by atoms with van der Waals surface area (Å²) in [5, 5.41) is 0. The molecule has 1 saturated heterocycles. The monoisotopic (exact) mass is 169 g/mol. The minimum absolute atomic E-state index is 0.176. The fourth-order valence-electron chi connectivity index (χ4n) is 1.14. The first-order valence-electron chi connectivity index (χ1n) is 3.76. The van der Waals surface area contributed by atoms with Gasteiger partial charge in [-0.2, -0.15) is 0 Å². The molecule has 0 aromatic carbocycles. The van der Waals surface area contributed by atoms with Crippen LogP contribution in [0.4, 0.5) is 0 Å². The smallest absolute Gasteiger partial charge is 0.250 e. The van der Waals surface area contributed by atoms with Crippen LogP contribution in [0.25, 0.3) is 0 Å². The summed E-state index contributed by atoms with van der Waals surface area (Å²) in [5.74, 6) is -0.609. The van der Waals surface area contributed by atoms with E-state index in [2.05, 4.69) is 6.92 Å². The van der Waals surface area contributed by atoms with Gasteiger partial charge in [-0.25, -0.2) is 0 Å². The summed E-state index contributed by atoms with van der Waals surface area (Å²) < 4.78 is 0. The summed E-state index contributed by atoms with van der Waals surface area (Å²) >= 11 is 0. The van der Waals surface area contributed by atoms with E-state index in [0.717, 1.165) is 4.90 Å². The third-order valence-electron chi connectivity index (χ3n) is 2.38. The molecular weight excluding hydrogens is 156 g/mol. The second-order valence-electron chi connectivity index (χ2n) is 3.53. The SMILES string of the molecule is [CH2]C(=O)N1CN(C)C(C)(C)C1=O. The maximum absolute atomic E-state index is 11.5. The van der Waals surface area contributed by atoms with Crippen LogP contribution >= 0.6 is 0 Å². The van der Waals surface area contributed by atoms with Crippen LogP contribution in [0.2, 0.25) is 0 Å². The number of nitrogens with zero attached hydrogens (tertiary/aromatic N) is 2. The van der Waals surface area contributed by atoms with Crippen LogP contribution in [0.1, 0.15) is 13.8 Å². The molecule has 0 saturated carbocycles. The number of hydrogen-bond acceptors (Lipinski definition) is 3. The molecule has 1 aliphatic heterocycles. The normalized spacial score (nSPS) is 23.3. The quantitative estimate of drug-likeness (QED) is 0.506. The summed E-state index contributed by atoms with van der Waals surface area (Å²) in [6.45, 7) is 7.13. The number of carbonyl (C=O) groups is 2. The molecule has 1 heterocycles. The van der Waals surface area contributed by atoms with Gasteiger partial charge in [0.05, 0.1) is 12.2 Å². The Labute approximate surface area is 72.1 Å². The number of carbonyl (C=O) groups excluding carboxylic acids is 2. The van der Waals surface area contributed by atoms with E-state index in [9.17, 15) is 9.59 Å². The minimum Gasteiger partial charge on any atom is -0.275 e. The van der Waals surface area contributed by atoms with Gasteiger partial charge in [0.2, 0.25) is 11.8 Å². The van der Waals surface area contributed by atoms with E-state index in [4.69, 9.17) is 0 Å². The van der Waals surface area contributed by atoms with Crippen molar-refractivity contribution in [1.29, 1.82) is 0 Å². The first kappa shape index (κ1) is 9.19. The lowest BCUT2D eigenvalue weighted by molar-refractivity contribution is -0.141. The number of hydrogen-bond donors (Lipinski definition) is 0. The van der Waals surface area contributed by atoms with Crippen molar-refractivity contribution in [3.8, 4) is 0 Å². The van der Waals surface area contributed by atoms with Gasteiger partial charge < -0.3 is 0 Å². The zero-order chi connectivity index (χ0) is 9.52. The Morgan fingerprint density at radius 2 is 2.08 bits per heavy atom. The molecule has 1 rings (SSSR count). The van der Waals surface area contributed by atoms with Gasteiger partial charge in [-0.3, -0.25) is 19.4 Å². The van der Waals surface area contributed by atoms with Crippen molar-refractivity contribution in [2.75, 3.05) is 13.7 Å². The van der Waals surface area contributed by atoms with Gasteiger partial charge >= 0.3 is 0 Å². The van der Waals surface area contributed by atoms with Crippen LogP contribution in [0.5, 0.6) is 0 Å². The number of rotatable bonds is 0. The molecule has 0 atom stereocenters. The van der Waals surface area contributed by atoms with Crippen LogP contribution in [0.15, 0.2) is 0 Å². The molecule has 67 valence electrons. The number of imide groups is 1. The van der Waals surface area contributed by atoms with Crippen LogP contribution in [0, 0.1) is 6.92 Å². The standard InChI is InChI=1S/C8H13N2O2/c1-6(11)10-5-9(4)8(2,3)7(10)12/h1,5H2,2-4H3. The highest BCUT2D eigenvalue weighted by Crippen LogP contribution is 2.23. The Morgan fingerprint density at radius 3 is 2.25 bits per heavy atom. The zero-order valence-corrected chi connectivity index (χ0v) is 7.63. The van der Waals surface area contributed by atoms with E-state index in [-0.39, 0.29) is 5.91 Å². The molecule has 2 amide bonds. The van der Waals surface area contributed by atoms with Crippen LogP contribution in [0.3, 0.4) is 0 Å². The van der Waals surface area contributed by atoms with Gasteiger partial charge in [0, 0.05) is 6.92 Å². The molecule has 0 aromatic rings. The first-order valence-corrected chi connectivity index (χ1v) is 3.76. The molecule has 4 nitrogen and oxygen atoms in total. The van der Waals surface area contributed by atoms with Gasteiger partial charge in [-0.05, 0) is 20.9 Å². The summed E-state index contributed by atoms with van der Waals surface area (Å²) in [4.78, 5) is 25.3. The van der Waals surface area contributed by atoms with E-state index in [0.29, 0.717) is 6.67 Å². The lowest BCUT2D eigenvalue weighted by Gasteiger charge is -2.22. The molecule has 1 fully saturated rings. The minimum atomic E-state index is -0.576. The second-order valence-corrected chi connectivity index (χ2v) is 3.53. The molecule has 1 radical (unpaired) electrons. The second kappa shape index (κ2) is 2.55. The van der Waals surface area contributed by atoms with Crippen LogP contribution in [-0.2, 0) is 9.59 Å². The Bertz CT molecular complexity index is 235. The average molecular weight is 169 g/mol. The number of amides is 2. The zero-order valence-electron chi connectivity index (χ0n) is 7.63. The van der Waals surface area contributed by atoms with Crippen molar-refractivity contribution < 1.29 is 9.59 Å². The Hall–Kier alpha value is -0.900. The van der Waals surface area contributed by atoms with Crippen molar-refractivity contribution in [2.45, 2.75) is 19.4 Å². The topological polar surface area (TPSA) is 40.6 Å². The fourth-order valence-corrected chi connectivity index (χ4v) is 1.14. The number of likely N-dealkylation sites (N-methyl/N-ethyl adjacent to an activating group) is 1. The molecular formula is C8H13N2O2. The van der Waals surface area contributed by atoms with E-state index in [1.807, 2.05) is 4.90 Å². The molecule has 0 aliphatic carbocycles. The molecule has 0 spiro atoms.